The Morgan fingerprint density at radius 2 is 1.76 bits per heavy atom. The number of nitrogens with two attached hydrogens (primary N) is 1. The first-order chi connectivity index (χ1) is 7.91. The molecule has 3 N–H and O–H groups in total. The first-order valence-electron chi connectivity index (χ1n) is 5.52. The van der Waals surface area contributed by atoms with E-state index in [2.05, 4.69) is 0 Å². The van der Waals surface area contributed by atoms with E-state index in [1.165, 1.54) is 0 Å². The van der Waals surface area contributed by atoms with Gasteiger partial charge in [0.05, 0.1) is 11.8 Å². The van der Waals surface area contributed by atoms with Crippen LogP contribution in [0.15, 0.2) is 24.3 Å². The van der Waals surface area contributed by atoms with Crippen molar-refractivity contribution < 1.29 is 14.7 Å². The van der Waals surface area contributed by atoms with Gasteiger partial charge in [-0.25, -0.2) is 0 Å². The molecule has 0 aromatic heterocycles. The molecule has 0 aliphatic carbocycles. The minimum Gasteiger partial charge on any atom is -0.481 e. The second-order valence-electron chi connectivity index (χ2n) is 4.31. The van der Waals surface area contributed by atoms with Gasteiger partial charge in [-0.05, 0) is 24.5 Å². The van der Waals surface area contributed by atoms with Crippen molar-refractivity contribution >= 4 is 11.9 Å². The fourth-order valence-electron chi connectivity index (χ4n) is 1.55. The van der Waals surface area contributed by atoms with Crippen LogP contribution in [0.25, 0.3) is 0 Å². The summed E-state index contributed by atoms with van der Waals surface area (Å²) in [6.07, 6.45) is 0.487. The summed E-state index contributed by atoms with van der Waals surface area (Å²) in [4.78, 5) is 21.7. The van der Waals surface area contributed by atoms with Gasteiger partial charge in [0.1, 0.15) is 0 Å². The molecule has 1 unspecified atom stereocenters. The lowest BCUT2D eigenvalue weighted by Gasteiger charge is -2.10. The van der Waals surface area contributed by atoms with E-state index >= 15 is 0 Å². The van der Waals surface area contributed by atoms with Crippen LogP contribution in [0.5, 0.6) is 0 Å². The number of hydrogen-bond acceptors (Lipinski definition) is 2. The number of carboxylic acids is 1. The summed E-state index contributed by atoms with van der Waals surface area (Å²) in [5.74, 6) is -1.90. The average Bonchev–Trinajstić information content (AvgIpc) is 2.28. The summed E-state index contributed by atoms with van der Waals surface area (Å²) in [6, 6.07) is 7.32. The second-order valence-corrected chi connectivity index (χ2v) is 4.31. The predicted molar refractivity (Wildman–Crippen MR) is 64.6 cm³/mol. The molecule has 0 saturated carbocycles. The Bertz CT molecular complexity index is 411. The van der Waals surface area contributed by atoms with Gasteiger partial charge < -0.3 is 10.8 Å². The van der Waals surface area contributed by atoms with Gasteiger partial charge in [0.15, 0.2) is 0 Å². The zero-order valence-corrected chi connectivity index (χ0v) is 10.0. The highest BCUT2D eigenvalue weighted by molar-refractivity contribution is 5.81. The first kappa shape index (κ1) is 13.2. The molecule has 1 aromatic carbocycles. The zero-order chi connectivity index (χ0) is 13.0. The minimum absolute atomic E-state index is 0.319. The normalized spacial score (nSPS) is 14.0. The average molecular weight is 235 g/mol. The van der Waals surface area contributed by atoms with Crippen molar-refractivity contribution in [3.63, 3.8) is 0 Å². The maximum atomic E-state index is 11.0. The number of rotatable bonds is 5. The van der Waals surface area contributed by atoms with Crippen molar-refractivity contribution in [2.75, 3.05) is 0 Å². The Morgan fingerprint density at radius 3 is 2.18 bits per heavy atom. The van der Waals surface area contributed by atoms with Crippen LogP contribution in [0.4, 0.5) is 0 Å². The largest absolute Gasteiger partial charge is 0.481 e. The van der Waals surface area contributed by atoms with E-state index in [9.17, 15) is 9.59 Å². The van der Waals surface area contributed by atoms with Gasteiger partial charge in [-0.3, -0.25) is 9.59 Å². The van der Waals surface area contributed by atoms with Gasteiger partial charge in [-0.2, -0.15) is 0 Å². The van der Waals surface area contributed by atoms with Crippen molar-refractivity contribution in [2.24, 2.45) is 11.7 Å². The number of primary amides is 1. The molecule has 0 aliphatic heterocycles. The number of carboxylic acid groups (broad SMARTS) is 1. The minimum atomic E-state index is -0.806. The van der Waals surface area contributed by atoms with Crippen LogP contribution in [0.3, 0.4) is 0 Å². The Labute approximate surface area is 100 Å². The number of hydrogen-bond donors (Lipinski definition) is 2. The fourth-order valence-corrected chi connectivity index (χ4v) is 1.55. The van der Waals surface area contributed by atoms with Crippen molar-refractivity contribution in [3.8, 4) is 0 Å². The van der Waals surface area contributed by atoms with Crippen molar-refractivity contribution in [2.45, 2.75) is 26.2 Å². The van der Waals surface area contributed by atoms with Gasteiger partial charge in [-0.15, -0.1) is 0 Å². The van der Waals surface area contributed by atoms with Crippen LogP contribution in [0.2, 0.25) is 0 Å². The van der Waals surface area contributed by atoms with E-state index in [0.29, 0.717) is 6.42 Å². The number of carbonyl (C=O) groups is 2. The molecular formula is C13H17NO3. The topological polar surface area (TPSA) is 80.4 Å². The number of carbonyl (C=O) groups excluding carboxylic acids is 1. The highest BCUT2D eigenvalue weighted by atomic mass is 16.4. The molecule has 0 saturated heterocycles. The van der Waals surface area contributed by atoms with Crippen LogP contribution >= 0.6 is 0 Å². The smallest absolute Gasteiger partial charge is 0.306 e. The van der Waals surface area contributed by atoms with Crippen LogP contribution in [0, 0.1) is 5.92 Å². The molecule has 4 nitrogen and oxygen atoms in total. The number of benzene rings is 1. The fraction of sp³-hybridized carbons (Fsp3) is 0.385. The summed E-state index contributed by atoms with van der Waals surface area (Å²) in [7, 11) is 0. The van der Waals surface area contributed by atoms with Crippen molar-refractivity contribution in [3.05, 3.63) is 35.4 Å². The molecule has 1 rings (SSSR count). The monoisotopic (exact) mass is 235 g/mol. The molecule has 17 heavy (non-hydrogen) atoms. The standard InChI is InChI=1S/C13H17NO3/c1-8(13(16)17)7-10-3-5-11(6-4-10)9(2)12(14)15/h3-6,8-9H,7H2,1-2H3,(H2,14,15)(H,16,17)/t8?,9-/m1/s1. The van der Waals surface area contributed by atoms with Crippen LogP contribution < -0.4 is 5.73 Å². The number of amides is 1. The van der Waals surface area contributed by atoms with Crippen LogP contribution in [-0.2, 0) is 16.0 Å². The SMILES string of the molecule is CC(Cc1ccc([C@@H](C)C(N)=O)cc1)C(=O)O. The van der Waals surface area contributed by atoms with E-state index in [1.54, 1.807) is 13.8 Å². The summed E-state index contributed by atoms with van der Waals surface area (Å²) in [5.41, 5.74) is 7.01. The molecule has 0 radical (unpaired) electrons. The molecule has 0 bridgehead atoms. The van der Waals surface area contributed by atoms with E-state index in [4.69, 9.17) is 10.8 Å². The van der Waals surface area contributed by atoms with Gasteiger partial charge in [0.25, 0.3) is 0 Å². The summed E-state index contributed by atoms with van der Waals surface area (Å²) in [6.45, 7) is 3.42. The van der Waals surface area contributed by atoms with Crippen LogP contribution in [0.1, 0.15) is 30.9 Å². The Hall–Kier alpha value is -1.84. The lowest BCUT2D eigenvalue weighted by atomic mass is 9.96. The Kier molecular flexibility index (Phi) is 4.26. The molecule has 1 amide bonds. The third kappa shape index (κ3) is 3.59. The van der Waals surface area contributed by atoms with Crippen molar-refractivity contribution in [1.29, 1.82) is 0 Å². The van der Waals surface area contributed by atoms with E-state index in [0.717, 1.165) is 11.1 Å². The summed E-state index contributed by atoms with van der Waals surface area (Å²) < 4.78 is 0. The molecule has 0 spiro atoms. The van der Waals surface area contributed by atoms with Gasteiger partial charge >= 0.3 is 5.97 Å². The highest BCUT2D eigenvalue weighted by Gasteiger charge is 2.13. The number of aliphatic carboxylic acids is 1. The molecule has 0 heterocycles. The second kappa shape index (κ2) is 5.48. The van der Waals surface area contributed by atoms with Gasteiger partial charge in [0.2, 0.25) is 5.91 Å². The van der Waals surface area contributed by atoms with Crippen LogP contribution in [-0.4, -0.2) is 17.0 Å². The Morgan fingerprint density at radius 1 is 1.24 bits per heavy atom. The molecule has 92 valence electrons. The van der Waals surface area contributed by atoms with Gasteiger partial charge in [-0.1, -0.05) is 31.2 Å². The summed E-state index contributed by atoms with van der Waals surface area (Å²) >= 11 is 0. The zero-order valence-electron chi connectivity index (χ0n) is 10.0. The lowest BCUT2D eigenvalue weighted by Crippen LogP contribution is -2.18. The molecular weight excluding hydrogens is 218 g/mol. The van der Waals surface area contributed by atoms with E-state index in [1.807, 2.05) is 24.3 Å². The lowest BCUT2D eigenvalue weighted by molar-refractivity contribution is -0.141. The van der Waals surface area contributed by atoms with E-state index in [-0.39, 0.29) is 11.8 Å². The first-order valence-corrected chi connectivity index (χ1v) is 5.52. The third-order valence-electron chi connectivity index (χ3n) is 2.87. The quantitative estimate of drug-likeness (QED) is 0.812. The van der Waals surface area contributed by atoms with Crippen molar-refractivity contribution in [1.82, 2.24) is 0 Å². The predicted octanol–water partition coefficient (Wildman–Crippen LogP) is 1.54. The molecule has 1 aromatic rings. The van der Waals surface area contributed by atoms with Gasteiger partial charge in [0, 0.05) is 0 Å². The highest BCUT2D eigenvalue weighted by Crippen LogP contribution is 2.17. The maximum Gasteiger partial charge on any atom is 0.306 e. The summed E-state index contributed by atoms with van der Waals surface area (Å²) in [5, 5.41) is 8.80. The molecule has 4 heteroatoms. The molecule has 0 aliphatic rings. The molecule has 0 fully saturated rings. The third-order valence-corrected chi connectivity index (χ3v) is 2.87. The maximum absolute atomic E-state index is 11.0. The molecule has 2 atom stereocenters. The van der Waals surface area contributed by atoms with E-state index < -0.39 is 11.9 Å². The Balaban J connectivity index is 2.75.